The average molecular weight is 319 g/mol. The van der Waals surface area contributed by atoms with Crippen molar-refractivity contribution in [3.8, 4) is 0 Å². The molecular formula is C18H27N2O3+. The molecule has 0 unspecified atom stereocenters. The van der Waals surface area contributed by atoms with E-state index in [9.17, 15) is 9.59 Å². The third-order valence-electron chi connectivity index (χ3n) is 4.68. The number of esters is 1. The highest BCUT2D eigenvalue weighted by molar-refractivity contribution is 6.37. The average Bonchev–Trinajstić information content (AvgIpc) is 2.51. The maximum atomic E-state index is 12.2. The Balaban J connectivity index is 2.01. The zero-order valence-corrected chi connectivity index (χ0v) is 14.4. The molecule has 5 nitrogen and oxygen atoms in total. The number of nitrogens with two attached hydrogens (primary N) is 1. The first-order valence-corrected chi connectivity index (χ1v) is 8.23. The fraction of sp³-hybridized carbons (Fsp3) is 0.556. The van der Waals surface area contributed by atoms with Crippen LogP contribution in [0, 0.1) is 19.8 Å². The molecule has 1 aromatic carbocycles. The number of quaternary nitrogens is 1. The van der Waals surface area contributed by atoms with Gasteiger partial charge in [0.05, 0.1) is 13.1 Å². The van der Waals surface area contributed by atoms with Gasteiger partial charge in [0.2, 0.25) is 0 Å². The van der Waals surface area contributed by atoms with Crippen molar-refractivity contribution in [3.63, 3.8) is 0 Å². The van der Waals surface area contributed by atoms with Crippen LogP contribution in [-0.2, 0) is 14.3 Å². The molecule has 0 aromatic heterocycles. The van der Waals surface area contributed by atoms with Crippen molar-refractivity contribution in [2.45, 2.75) is 46.1 Å². The number of hydrogen-bond acceptors (Lipinski definition) is 3. The van der Waals surface area contributed by atoms with Gasteiger partial charge in [-0.2, -0.15) is 0 Å². The number of amides is 1. The first-order chi connectivity index (χ1) is 10.8. The van der Waals surface area contributed by atoms with E-state index in [2.05, 4.69) is 10.6 Å². The highest BCUT2D eigenvalue weighted by Crippen LogP contribution is 2.28. The van der Waals surface area contributed by atoms with Gasteiger partial charge in [0, 0.05) is 24.4 Å². The van der Waals surface area contributed by atoms with E-state index in [1.165, 1.54) is 0 Å². The molecule has 126 valence electrons. The number of benzene rings is 1. The molecule has 0 spiro atoms. The van der Waals surface area contributed by atoms with Crippen LogP contribution in [0.4, 0.5) is 5.69 Å². The molecular weight excluding hydrogens is 292 g/mol. The standard InChI is InChI=1S/C18H26N2O3/c1-12-6-5-7-13(2)15(12)20-16(21)17(22)23-18(3,4)14-8-10-19-11-9-14/h5-7,14,19H,8-11H2,1-4H3,(H,20,21)/p+1. The molecule has 1 fully saturated rings. The zero-order chi connectivity index (χ0) is 17.0. The van der Waals surface area contributed by atoms with Crippen LogP contribution >= 0.6 is 0 Å². The topological polar surface area (TPSA) is 72.0 Å². The van der Waals surface area contributed by atoms with Crippen LogP contribution in [0.5, 0.6) is 0 Å². The number of piperidine rings is 1. The van der Waals surface area contributed by atoms with Gasteiger partial charge in [-0.25, -0.2) is 4.79 Å². The van der Waals surface area contributed by atoms with Crippen molar-refractivity contribution < 1.29 is 19.6 Å². The van der Waals surface area contributed by atoms with Gasteiger partial charge >= 0.3 is 11.9 Å². The van der Waals surface area contributed by atoms with Crippen molar-refractivity contribution in [1.29, 1.82) is 0 Å². The Labute approximate surface area is 137 Å². The number of carbonyl (C=O) groups is 2. The molecule has 0 radical (unpaired) electrons. The Morgan fingerprint density at radius 2 is 1.74 bits per heavy atom. The van der Waals surface area contributed by atoms with Gasteiger partial charge in [-0.05, 0) is 38.8 Å². The lowest BCUT2D eigenvalue weighted by Gasteiger charge is -2.35. The number of aryl methyl sites for hydroxylation is 2. The first kappa shape index (κ1) is 17.5. The molecule has 0 saturated carbocycles. The van der Waals surface area contributed by atoms with E-state index in [1.54, 1.807) is 0 Å². The van der Waals surface area contributed by atoms with Crippen LogP contribution in [-0.4, -0.2) is 30.6 Å². The van der Waals surface area contributed by atoms with Crippen molar-refractivity contribution in [2.24, 2.45) is 5.92 Å². The minimum atomic E-state index is -0.813. The summed E-state index contributed by atoms with van der Waals surface area (Å²) >= 11 is 0. The lowest BCUT2D eigenvalue weighted by Crippen LogP contribution is -2.86. The second-order valence-corrected chi connectivity index (χ2v) is 6.85. The smallest absolute Gasteiger partial charge is 0.397 e. The summed E-state index contributed by atoms with van der Waals surface area (Å²) in [4.78, 5) is 24.4. The van der Waals surface area contributed by atoms with Crippen LogP contribution in [0.1, 0.15) is 37.8 Å². The summed E-state index contributed by atoms with van der Waals surface area (Å²) in [6.45, 7) is 9.67. The number of ether oxygens (including phenoxy) is 1. The molecule has 0 bridgehead atoms. The number of hydrogen-bond donors (Lipinski definition) is 2. The lowest BCUT2D eigenvalue weighted by atomic mass is 9.83. The van der Waals surface area contributed by atoms with E-state index in [1.807, 2.05) is 45.9 Å². The molecule has 23 heavy (non-hydrogen) atoms. The molecule has 0 aliphatic carbocycles. The third-order valence-corrected chi connectivity index (χ3v) is 4.68. The molecule has 0 atom stereocenters. The quantitative estimate of drug-likeness (QED) is 0.656. The van der Waals surface area contributed by atoms with Gasteiger partial charge in [0.25, 0.3) is 0 Å². The van der Waals surface area contributed by atoms with Crippen LogP contribution in [0.3, 0.4) is 0 Å². The molecule has 5 heteroatoms. The fourth-order valence-corrected chi connectivity index (χ4v) is 3.17. The predicted octanol–water partition coefficient (Wildman–Crippen LogP) is 1.54. The summed E-state index contributed by atoms with van der Waals surface area (Å²) in [5.41, 5.74) is 1.91. The number of para-hydroxylation sites is 1. The Kier molecular flexibility index (Phi) is 5.42. The first-order valence-electron chi connectivity index (χ1n) is 8.23. The van der Waals surface area contributed by atoms with E-state index < -0.39 is 17.5 Å². The van der Waals surface area contributed by atoms with E-state index >= 15 is 0 Å². The second kappa shape index (κ2) is 7.13. The lowest BCUT2D eigenvalue weighted by molar-refractivity contribution is -0.665. The molecule has 1 saturated heterocycles. The predicted molar refractivity (Wildman–Crippen MR) is 89.1 cm³/mol. The van der Waals surface area contributed by atoms with Gasteiger partial charge in [-0.3, -0.25) is 4.79 Å². The minimum Gasteiger partial charge on any atom is -0.452 e. The molecule has 2 rings (SSSR count). The van der Waals surface area contributed by atoms with E-state index in [-0.39, 0.29) is 0 Å². The van der Waals surface area contributed by atoms with Gasteiger partial charge in [0.1, 0.15) is 5.60 Å². The fourth-order valence-electron chi connectivity index (χ4n) is 3.17. The van der Waals surface area contributed by atoms with Gasteiger partial charge in [0.15, 0.2) is 0 Å². The van der Waals surface area contributed by atoms with E-state index in [4.69, 9.17) is 4.74 Å². The van der Waals surface area contributed by atoms with Crippen LogP contribution in [0.25, 0.3) is 0 Å². The highest BCUT2D eigenvalue weighted by Gasteiger charge is 2.36. The molecule has 1 heterocycles. The van der Waals surface area contributed by atoms with E-state index in [0.29, 0.717) is 11.6 Å². The summed E-state index contributed by atoms with van der Waals surface area (Å²) in [5, 5.41) is 4.95. The second-order valence-electron chi connectivity index (χ2n) is 6.85. The Morgan fingerprint density at radius 3 is 2.30 bits per heavy atom. The van der Waals surface area contributed by atoms with Crippen molar-refractivity contribution in [3.05, 3.63) is 29.3 Å². The number of carbonyl (C=O) groups excluding carboxylic acids is 2. The van der Waals surface area contributed by atoms with Crippen LogP contribution < -0.4 is 10.6 Å². The maximum absolute atomic E-state index is 12.2. The van der Waals surface area contributed by atoms with Crippen molar-refractivity contribution in [1.82, 2.24) is 0 Å². The molecule has 1 aliphatic rings. The monoisotopic (exact) mass is 319 g/mol. The molecule has 1 aliphatic heterocycles. The third kappa shape index (κ3) is 4.32. The summed E-state index contributed by atoms with van der Waals surface area (Å²) in [7, 11) is 0. The summed E-state index contributed by atoms with van der Waals surface area (Å²) in [6.07, 6.45) is 2.00. The zero-order valence-electron chi connectivity index (χ0n) is 14.4. The number of rotatable bonds is 3. The van der Waals surface area contributed by atoms with Crippen molar-refractivity contribution >= 4 is 17.6 Å². The van der Waals surface area contributed by atoms with E-state index in [0.717, 1.165) is 37.1 Å². The van der Waals surface area contributed by atoms with Gasteiger partial charge in [-0.1, -0.05) is 18.2 Å². The van der Waals surface area contributed by atoms with Gasteiger partial charge in [-0.15, -0.1) is 0 Å². The molecule has 1 amide bonds. The normalized spacial score (nSPS) is 16.0. The summed E-state index contributed by atoms with van der Waals surface area (Å²) in [5.74, 6) is -1.23. The van der Waals surface area contributed by atoms with Crippen LogP contribution in [0.2, 0.25) is 0 Å². The Bertz CT molecular complexity index is 570. The number of nitrogens with one attached hydrogen (secondary N) is 1. The summed E-state index contributed by atoms with van der Waals surface area (Å²) in [6, 6.07) is 5.72. The Hall–Kier alpha value is -1.88. The largest absolute Gasteiger partial charge is 0.452 e. The highest BCUT2D eigenvalue weighted by atomic mass is 16.6. The number of anilines is 1. The minimum absolute atomic E-state index is 0.296. The summed E-state index contributed by atoms with van der Waals surface area (Å²) < 4.78 is 5.53. The van der Waals surface area contributed by atoms with Gasteiger partial charge < -0.3 is 15.4 Å². The molecule has 1 aromatic rings. The maximum Gasteiger partial charge on any atom is 0.397 e. The SMILES string of the molecule is Cc1cccc(C)c1NC(=O)C(=O)OC(C)(C)C1CC[NH2+]CC1. The Morgan fingerprint density at radius 1 is 1.17 bits per heavy atom. The molecule has 3 N–H and O–H groups in total. The van der Waals surface area contributed by atoms with Crippen LogP contribution in [0.15, 0.2) is 18.2 Å². The van der Waals surface area contributed by atoms with Crippen molar-refractivity contribution in [2.75, 3.05) is 18.4 Å².